The third-order valence-corrected chi connectivity index (χ3v) is 23.4. The van der Waals surface area contributed by atoms with Crippen LogP contribution in [0.25, 0.3) is 0 Å². The summed E-state index contributed by atoms with van der Waals surface area (Å²) in [6, 6.07) is 0. The number of aliphatic carboxylic acids is 1. The third-order valence-electron chi connectivity index (χ3n) is 23.4. The summed E-state index contributed by atoms with van der Waals surface area (Å²) in [4.78, 5) is 39.3. The Bertz CT molecular complexity index is 2700. The molecule has 0 bridgehead atoms. The van der Waals surface area contributed by atoms with Gasteiger partial charge >= 0.3 is 17.9 Å². The monoisotopic (exact) mass is 1290 g/mol. The summed E-state index contributed by atoms with van der Waals surface area (Å²) >= 11 is 0. The first-order chi connectivity index (χ1) is 42.0. The van der Waals surface area contributed by atoms with Gasteiger partial charge < -0.3 is 119 Å². The van der Waals surface area contributed by atoms with Crippen molar-refractivity contribution < 1.29 is 133 Å². The van der Waals surface area contributed by atoms with Crippen molar-refractivity contribution in [3.05, 3.63) is 34.9 Å². The van der Waals surface area contributed by atoms with Crippen molar-refractivity contribution in [3.63, 3.8) is 0 Å². The highest BCUT2D eigenvalue weighted by molar-refractivity contribution is 5.88. The van der Waals surface area contributed by atoms with Crippen LogP contribution >= 0.6 is 0 Å². The summed E-state index contributed by atoms with van der Waals surface area (Å²) in [6.45, 7) is 19.4. The second kappa shape index (κ2) is 26.1. The highest BCUT2D eigenvalue weighted by Gasteiger charge is 2.76. The molecule has 0 spiro atoms. The molecule has 0 aromatic rings. The van der Waals surface area contributed by atoms with E-state index in [2.05, 4.69) is 19.9 Å². The minimum atomic E-state index is -2.15. The van der Waals surface area contributed by atoms with E-state index in [9.17, 15) is 85.9 Å². The molecule has 0 aromatic carbocycles. The lowest BCUT2D eigenvalue weighted by Gasteiger charge is -2.73. The van der Waals surface area contributed by atoms with Crippen LogP contribution in [0.2, 0.25) is 0 Å². The lowest BCUT2D eigenvalue weighted by molar-refractivity contribution is -0.386. The van der Waals surface area contributed by atoms with Crippen LogP contribution in [0.15, 0.2) is 34.9 Å². The number of ether oxygens (including phenoxy) is 10. The zero-order valence-corrected chi connectivity index (χ0v) is 53.3. The van der Waals surface area contributed by atoms with Gasteiger partial charge in [-0.05, 0) is 113 Å². The Hall–Kier alpha value is -3.21. The molecule has 4 saturated heterocycles. The van der Waals surface area contributed by atoms with Crippen LogP contribution in [-0.4, -0.2) is 256 Å². The van der Waals surface area contributed by atoms with Gasteiger partial charge in [0.2, 0.25) is 0 Å². The van der Waals surface area contributed by atoms with Crippen LogP contribution in [0.4, 0.5) is 0 Å². The highest BCUT2D eigenvalue weighted by atomic mass is 16.8. The Labute approximate surface area is 523 Å². The molecular weight excluding hydrogens is 1190 g/mol. The van der Waals surface area contributed by atoms with Crippen molar-refractivity contribution in [2.45, 2.75) is 269 Å². The number of aliphatic hydroxyl groups excluding tert-OH is 13. The lowest BCUT2D eigenvalue weighted by atomic mass is 9.32. The maximum absolute atomic E-state index is 13.3. The molecule has 0 aromatic heterocycles. The standard InChI is InChI=1S/C63H98O27/c1-13-25(3)52(79)85-42-27(5)81-56(41(73)44(42)86-53(80)26(4)14-2)90-50-49(76)63(24-66)29(21-58(50,6)7)28-15-16-33-60(10)19-18-34(59(8,9)32(60)17-20-61(33,11)62(28,12)47(74)48(63)75)84-57-46(89-55-39(71)37(69)35(67)30(22-64)82-55)43(40(72)45(88-57)51(77)78)87-54-38(70)36(68)31(23-65)83-54/h13-15,27,29-50,54-57,64-76H,16-24H2,1-12H3,(H,77,78)/b25-13-,26-14-/t27-,29?,30+,31+,32?,33?,34-,35-,36+,37-,38-,39+,40-,41+,42-,43-,44-,45-,46+,47+,48-,49+,50-,54+,55-,56-,57-,60-,61+,62-,63-/m0/s1. The van der Waals surface area contributed by atoms with E-state index in [0.717, 1.165) is 5.57 Å². The summed E-state index contributed by atoms with van der Waals surface area (Å²) in [5, 5.41) is 159. The van der Waals surface area contributed by atoms with Gasteiger partial charge in [-0.3, -0.25) is 0 Å². The van der Waals surface area contributed by atoms with Gasteiger partial charge in [0, 0.05) is 16.6 Å². The number of carbonyl (C=O) groups is 3. The van der Waals surface area contributed by atoms with Crippen molar-refractivity contribution >= 4 is 17.9 Å². The fourth-order valence-corrected chi connectivity index (χ4v) is 17.7. The zero-order chi connectivity index (χ0) is 66.6. The molecule has 14 N–H and O–H groups in total. The predicted octanol–water partition coefficient (Wildman–Crippen LogP) is -0.885. The number of fused-ring (bicyclic) bond motifs is 7. The van der Waals surface area contributed by atoms with E-state index in [0.29, 0.717) is 25.7 Å². The fraction of sp³-hybridized carbons (Fsp3) is 0.857. The van der Waals surface area contributed by atoms with Gasteiger partial charge in [-0.2, -0.15) is 0 Å². The Balaban J connectivity index is 0.999. The number of esters is 2. The number of carboxylic acid groups (broad SMARTS) is 1. The first-order valence-corrected chi connectivity index (χ1v) is 31.5. The van der Waals surface area contributed by atoms with Gasteiger partial charge in [0.1, 0.15) is 67.1 Å². The van der Waals surface area contributed by atoms with E-state index in [1.807, 2.05) is 34.6 Å². The number of hydrogen-bond acceptors (Lipinski definition) is 26. The van der Waals surface area contributed by atoms with E-state index >= 15 is 0 Å². The van der Waals surface area contributed by atoms with Gasteiger partial charge in [0.15, 0.2) is 43.5 Å². The van der Waals surface area contributed by atoms with E-state index in [1.165, 1.54) is 26.0 Å². The molecule has 512 valence electrons. The predicted molar refractivity (Wildman–Crippen MR) is 308 cm³/mol. The maximum Gasteiger partial charge on any atom is 0.335 e. The Morgan fingerprint density at radius 1 is 0.589 bits per heavy atom. The summed E-state index contributed by atoms with van der Waals surface area (Å²) in [6.07, 6.45) is -32.5. The average Bonchev–Trinajstić information content (AvgIpc) is 0.712. The summed E-state index contributed by atoms with van der Waals surface area (Å²) in [5.41, 5.74) is -4.96. The molecule has 90 heavy (non-hydrogen) atoms. The molecule has 0 amide bonds. The maximum atomic E-state index is 13.3. The molecule has 3 unspecified atom stereocenters. The number of rotatable bonds is 16. The molecule has 9 aliphatic rings. The lowest BCUT2D eigenvalue weighted by Crippen LogP contribution is -2.76. The highest BCUT2D eigenvalue weighted by Crippen LogP contribution is 2.76. The van der Waals surface area contributed by atoms with Crippen LogP contribution in [-0.2, 0) is 61.8 Å². The molecule has 31 atom stereocenters. The molecule has 5 aliphatic carbocycles. The number of carbonyl (C=O) groups excluding carboxylic acids is 2. The molecular formula is C63H98O27. The van der Waals surface area contributed by atoms with Crippen LogP contribution in [0, 0.1) is 50.2 Å². The van der Waals surface area contributed by atoms with Crippen molar-refractivity contribution in [1.82, 2.24) is 0 Å². The number of hydrogen-bond donors (Lipinski definition) is 14. The van der Waals surface area contributed by atoms with Crippen LogP contribution in [0.5, 0.6) is 0 Å². The molecule has 4 aliphatic heterocycles. The smallest absolute Gasteiger partial charge is 0.335 e. The van der Waals surface area contributed by atoms with Gasteiger partial charge in [-0.25, -0.2) is 14.4 Å². The summed E-state index contributed by atoms with van der Waals surface area (Å²) < 4.78 is 60.9. The first-order valence-electron chi connectivity index (χ1n) is 31.5. The first kappa shape index (κ1) is 71.1. The van der Waals surface area contributed by atoms with Gasteiger partial charge in [-0.15, -0.1) is 0 Å². The number of aliphatic hydroxyl groups is 13. The second-order valence-corrected chi connectivity index (χ2v) is 28.8. The normalized spacial score (nSPS) is 50.1. The van der Waals surface area contributed by atoms with E-state index in [-0.39, 0.29) is 35.8 Å². The average molecular weight is 1290 g/mol. The number of allylic oxidation sites excluding steroid dienone is 3. The van der Waals surface area contributed by atoms with Crippen LogP contribution < -0.4 is 0 Å². The second-order valence-electron chi connectivity index (χ2n) is 28.8. The molecule has 27 nitrogen and oxygen atoms in total. The van der Waals surface area contributed by atoms with Gasteiger partial charge in [0.05, 0.1) is 61.9 Å². The SMILES string of the molecule is C/C=C(/C)C(=O)O[C@@H]1[C@@H](OC(=O)/C(C)=C\C)[C@@H](O)[C@H](O[C@H]2[C@@H](O)[C@@]3(CO)C(CC2(C)C)C2=CCC4[C@@]5(C)CC[C@H](O[C@H]6O[C@H](C(=O)O)[C@@H](O)[C@H](O[C@H]7O[C@H](CO)[C@@H](O)[C@@H]7O)[C@H]6O[C@@H]6O[C@H](CO)[C@H](O)[C@H](O)[C@H]6O)C(C)(C)C5CC[C@@]4(C)[C@]2(C)[C@H](O)[C@@H]3O)O[C@H]1C. The van der Waals surface area contributed by atoms with Crippen molar-refractivity contribution in [3.8, 4) is 0 Å². The van der Waals surface area contributed by atoms with Crippen molar-refractivity contribution in [2.24, 2.45) is 50.2 Å². The van der Waals surface area contributed by atoms with E-state index in [1.54, 1.807) is 20.8 Å². The minimum Gasteiger partial charge on any atom is -0.479 e. The largest absolute Gasteiger partial charge is 0.479 e. The quantitative estimate of drug-likeness (QED) is 0.0386. The zero-order valence-electron chi connectivity index (χ0n) is 53.3. The summed E-state index contributed by atoms with van der Waals surface area (Å²) in [7, 11) is 0. The van der Waals surface area contributed by atoms with Crippen molar-refractivity contribution in [1.29, 1.82) is 0 Å². The van der Waals surface area contributed by atoms with E-state index in [4.69, 9.17) is 47.4 Å². The summed E-state index contributed by atoms with van der Waals surface area (Å²) in [5.74, 6) is -4.33. The topological polar surface area (TPSA) is 427 Å². The Morgan fingerprint density at radius 3 is 1.69 bits per heavy atom. The molecule has 4 heterocycles. The van der Waals surface area contributed by atoms with Crippen molar-refractivity contribution in [2.75, 3.05) is 19.8 Å². The Kier molecular flexibility index (Phi) is 20.6. The minimum absolute atomic E-state index is 0.189. The van der Waals surface area contributed by atoms with E-state index < -0.39 is 223 Å². The number of carboxylic acids is 1. The molecule has 27 heteroatoms. The Morgan fingerprint density at radius 2 is 1.13 bits per heavy atom. The van der Waals surface area contributed by atoms with Crippen LogP contribution in [0.1, 0.15) is 122 Å². The van der Waals surface area contributed by atoms with Gasteiger partial charge in [0.25, 0.3) is 0 Å². The molecule has 4 saturated carbocycles. The third kappa shape index (κ3) is 11.4. The van der Waals surface area contributed by atoms with Gasteiger partial charge in [-0.1, -0.05) is 72.3 Å². The van der Waals surface area contributed by atoms with Crippen LogP contribution in [0.3, 0.4) is 0 Å². The molecule has 8 fully saturated rings. The fourth-order valence-electron chi connectivity index (χ4n) is 17.7. The molecule has 9 rings (SSSR count). The molecule has 0 radical (unpaired) electrons.